The van der Waals surface area contributed by atoms with Crippen molar-refractivity contribution in [2.24, 2.45) is 11.7 Å². The molecule has 0 aliphatic heterocycles. The molecule has 3 N–H and O–H groups in total. The number of hydrogen-bond donors (Lipinski definition) is 2. The van der Waals surface area contributed by atoms with E-state index in [1.807, 2.05) is 31.2 Å². The highest BCUT2D eigenvalue weighted by Crippen LogP contribution is 2.48. The molecule has 1 saturated carbocycles. The Morgan fingerprint density at radius 2 is 2.21 bits per heavy atom. The van der Waals surface area contributed by atoms with Gasteiger partial charge in [-0.3, -0.25) is 4.79 Å². The van der Waals surface area contributed by atoms with Crippen molar-refractivity contribution in [3.8, 4) is 0 Å². The molecule has 1 aliphatic rings. The summed E-state index contributed by atoms with van der Waals surface area (Å²) in [5.74, 6) is 0.411. The second kappa shape index (κ2) is 6.60. The number of benzene rings is 1. The molecular formula is C14H20Cl2N2O. The fraction of sp³-hybridized carbons (Fsp3) is 0.500. The topological polar surface area (TPSA) is 55.1 Å². The van der Waals surface area contributed by atoms with Gasteiger partial charge in [0.25, 0.3) is 0 Å². The lowest BCUT2D eigenvalue weighted by atomic mass is 9.95. The zero-order valence-electron chi connectivity index (χ0n) is 11.0. The minimum absolute atomic E-state index is 0. The van der Waals surface area contributed by atoms with Gasteiger partial charge in [-0.15, -0.1) is 12.4 Å². The Balaban J connectivity index is 0.00000180. The first-order valence-electron chi connectivity index (χ1n) is 6.33. The Labute approximate surface area is 125 Å². The van der Waals surface area contributed by atoms with Crippen molar-refractivity contribution in [3.63, 3.8) is 0 Å². The molecule has 1 aromatic rings. The summed E-state index contributed by atoms with van der Waals surface area (Å²) in [4.78, 5) is 12.3. The average Bonchev–Trinajstić information content (AvgIpc) is 3.17. The van der Waals surface area contributed by atoms with E-state index < -0.39 is 0 Å². The highest BCUT2D eigenvalue weighted by molar-refractivity contribution is 6.30. The van der Waals surface area contributed by atoms with E-state index in [1.54, 1.807) is 0 Å². The minimum Gasteiger partial charge on any atom is -0.355 e. The first-order valence-corrected chi connectivity index (χ1v) is 6.71. The molecule has 106 valence electrons. The third-order valence-electron chi connectivity index (χ3n) is 3.58. The van der Waals surface area contributed by atoms with Crippen LogP contribution in [0.3, 0.4) is 0 Å². The van der Waals surface area contributed by atoms with E-state index in [0.717, 1.165) is 18.4 Å². The number of nitrogens with two attached hydrogens (primary N) is 1. The van der Waals surface area contributed by atoms with E-state index in [2.05, 4.69) is 5.32 Å². The molecule has 0 spiro atoms. The number of rotatable bonds is 5. The third-order valence-corrected chi connectivity index (χ3v) is 3.81. The Bertz CT molecular complexity index is 447. The molecule has 0 heterocycles. The van der Waals surface area contributed by atoms with Gasteiger partial charge in [0.05, 0.1) is 5.41 Å². The number of amides is 1. The van der Waals surface area contributed by atoms with Crippen molar-refractivity contribution < 1.29 is 4.79 Å². The van der Waals surface area contributed by atoms with Crippen LogP contribution in [-0.4, -0.2) is 19.0 Å². The molecule has 0 bridgehead atoms. The highest BCUT2D eigenvalue weighted by atomic mass is 35.5. The van der Waals surface area contributed by atoms with Crippen LogP contribution in [-0.2, 0) is 10.2 Å². The maximum atomic E-state index is 12.3. The molecular weight excluding hydrogens is 283 g/mol. The molecule has 0 radical (unpaired) electrons. The van der Waals surface area contributed by atoms with Crippen molar-refractivity contribution >= 4 is 29.9 Å². The predicted octanol–water partition coefficient (Wildman–Crippen LogP) is 2.50. The van der Waals surface area contributed by atoms with Gasteiger partial charge in [0.2, 0.25) is 5.91 Å². The van der Waals surface area contributed by atoms with Crippen LogP contribution in [0.25, 0.3) is 0 Å². The maximum absolute atomic E-state index is 12.3. The zero-order valence-corrected chi connectivity index (χ0v) is 12.6. The highest BCUT2D eigenvalue weighted by Gasteiger charge is 2.51. The number of nitrogens with one attached hydrogen (secondary N) is 1. The van der Waals surface area contributed by atoms with Crippen LogP contribution >= 0.6 is 24.0 Å². The molecule has 5 heteroatoms. The van der Waals surface area contributed by atoms with Gasteiger partial charge in [-0.25, -0.2) is 0 Å². The monoisotopic (exact) mass is 302 g/mol. The van der Waals surface area contributed by atoms with E-state index in [1.165, 1.54) is 0 Å². The summed E-state index contributed by atoms with van der Waals surface area (Å²) in [6, 6.07) is 7.59. The summed E-state index contributed by atoms with van der Waals surface area (Å²) in [5.41, 5.74) is 6.22. The molecule has 1 amide bonds. The number of halogens is 2. The smallest absolute Gasteiger partial charge is 0.230 e. The second-order valence-corrected chi connectivity index (χ2v) is 5.58. The standard InChI is InChI=1S/C14H19ClN2O.ClH/c1-10(8-16)9-17-13(18)14(5-6-14)11-3-2-4-12(15)7-11;/h2-4,7,10H,5-6,8-9,16H2,1H3,(H,17,18);1H. The van der Waals surface area contributed by atoms with E-state index in [9.17, 15) is 4.79 Å². The number of hydrogen-bond acceptors (Lipinski definition) is 2. The van der Waals surface area contributed by atoms with E-state index in [-0.39, 0.29) is 23.7 Å². The molecule has 1 aromatic carbocycles. The Kier molecular flexibility index (Phi) is 5.65. The van der Waals surface area contributed by atoms with Crippen LogP contribution in [0.5, 0.6) is 0 Å². The minimum atomic E-state index is -0.348. The first-order chi connectivity index (χ1) is 8.58. The largest absolute Gasteiger partial charge is 0.355 e. The van der Waals surface area contributed by atoms with Crippen molar-refractivity contribution in [1.29, 1.82) is 0 Å². The van der Waals surface area contributed by atoms with Crippen molar-refractivity contribution in [2.45, 2.75) is 25.2 Å². The molecule has 1 fully saturated rings. The Hall–Kier alpha value is -0.770. The van der Waals surface area contributed by atoms with Crippen LogP contribution in [0, 0.1) is 5.92 Å². The van der Waals surface area contributed by atoms with E-state index in [4.69, 9.17) is 17.3 Å². The quantitative estimate of drug-likeness (QED) is 0.878. The predicted molar refractivity (Wildman–Crippen MR) is 80.8 cm³/mol. The lowest BCUT2D eigenvalue weighted by Crippen LogP contribution is -2.38. The molecule has 2 rings (SSSR count). The molecule has 0 aromatic heterocycles. The van der Waals surface area contributed by atoms with Gasteiger partial charge in [0, 0.05) is 11.6 Å². The summed E-state index contributed by atoms with van der Waals surface area (Å²) in [7, 11) is 0. The first kappa shape index (κ1) is 16.3. The summed E-state index contributed by atoms with van der Waals surface area (Å²) < 4.78 is 0. The van der Waals surface area contributed by atoms with Gasteiger partial charge >= 0.3 is 0 Å². The van der Waals surface area contributed by atoms with Crippen LogP contribution in [0.1, 0.15) is 25.3 Å². The van der Waals surface area contributed by atoms with Crippen LogP contribution in [0.2, 0.25) is 5.02 Å². The SMILES string of the molecule is CC(CN)CNC(=O)C1(c2cccc(Cl)c2)CC1.Cl. The normalized spacial score (nSPS) is 17.2. The lowest BCUT2D eigenvalue weighted by Gasteiger charge is -2.17. The van der Waals surface area contributed by atoms with Crippen molar-refractivity contribution in [2.75, 3.05) is 13.1 Å². The van der Waals surface area contributed by atoms with Crippen LogP contribution in [0.4, 0.5) is 0 Å². The van der Waals surface area contributed by atoms with E-state index in [0.29, 0.717) is 24.0 Å². The van der Waals surface area contributed by atoms with Gasteiger partial charge in [-0.2, -0.15) is 0 Å². The van der Waals surface area contributed by atoms with Gasteiger partial charge in [-0.1, -0.05) is 30.7 Å². The van der Waals surface area contributed by atoms with E-state index >= 15 is 0 Å². The summed E-state index contributed by atoms with van der Waals surface area (Å²) >= 11 is 5.99. The summed E-state index contributed by atoms with van der Waals surface area (Å²) in [6.45, 7) is 3.25. The molecule has 3 nitrogen and oxygen atoms in total. The number of carbonyl (C=O) groups is 1. The fourth-order valence-electron chi connectivity index (χ4n) is 2.08. The van der Waals surface area contributed by atoms with Crippen LogP contribution < -0.4 is 11.1 Å². The zero-order chi connectivity index (χ0) is 13.2. The fourth-order valence-corrected chi connectivity index (χ4v) is 2.27. The summed E-state index contributed by atoms with van der Waals surface area (Å²) in [5, 5.41) is 3.67. The molecule has 1 atom stereocenters. The lowest BCUT2D eigenvalue weighted by molar-refractivity contribution is -0.123. The van der Waals surface area contributed by atoms with Crippen LogP contribution in [0.15, 0.2) is 24.3 Å². The number of carbonyl (C=O) groups excluding carboxylic acids is 1. The maximum Gasteiger partial charge on any atom is 0.230 e. The average molecular weight is 303 g/mol. The van der Waals surface area contributed by atoms with Gasteiger partial charge in [-0.05, 0) is 43.0 Å². The van der Waals surface area contributed by atoms with Gasteiger partial charge in [0.1, 0.15) is 0 Å². The molecule has 19 heavy (non-hydrogen) atoms. The van der Waals surface area contributed by atoms with Gasteiger partial charge in [0.15, 0.2) is 0 Å². The molecule has 1 unspecified atom stereocenters. The Morgan fingerprint density at radius 1 is 1.53 bits per heavy atom. The third kappa shape index (κ3) is 3.62. The van der Waals surface area contributed by atoms with Crippen molar-refractivity contribution in [3.05, 3.63) is 34.9 Å². The van der Waals surface area contributed by atoms with Gasteiger partial charge < -0.3 is 11.1 Å². The van der Waals surface area contributed by atoms with Crippen molar-refractivity contribution in [1.82, 2.24) is 5.32 Å². The summed E-state index contributed by atoms with van der Waals surface area (Å²) in [6.07, 6.45) is 1.80. The molecule has 1 aliphatic carbocycles. The second-order valence-electron chi connectivity index (χ2n) is 5.14. The Morgan fingerprint density at radius 3 is 2.74 bits per heavy atom. The molecule has 0 saturated heterocycles.